The largest absolute Gasteiger partial charge is 0.508 e. The first-order valence-corrected chi connectivity index (χ1v) is 14.7. The molecule has 3 aliphatic rings. The molecular formula is C27H33N5O9S. The van der Waals surface area contributed by atoms with Crippen LogP contribution in [0, 0.1) is 23.7 Å². The molecule has 0 aromatic heterocycles. The zero-order valence-electron chi connectivity index (χ0n) is 23.7. The Morgan fingerprint density at radius 3 is 2.38 bits per heavy atom. The third-order valence-electron chi connectivity index (χ3n) is 7.98. The van der Waals surface area contributed by atoms with Gasteiger partial charge in [0.2, 0.25) is 21.4 Å². The molecular weight excluding hydrogens is 570 g/mol. The lowest BCUT2D eigenvalue weighted by Crippen LogP contribution is -2.67. The number of Topliss-reactive ketones (excluding diaryl/α,β-unsaturated/α-hetero) is 2. The Bertz CT molecular complexity index is 1630. The summed E-state index contributed by atoms with van der Waals surface area (Å²) >= 11 is 0. The number of fused-ring (bicyclic) bond motifs is 3. The van der Waals surface area contributed by atoms with Crippen LogP contribution < -0.4 is 21.3 Å². The van der Waals surface area contributed by atoms with E-state index in [1.165, 1.54) is 4.90 Å². The monoisotopic (exact) mass is 603 g/mol. The maximum Gasteiger partial charge on any atom is 0.255 e. The van der Waals surface area contributed by atoms with Crippen LogP contribution in [0.3, 0.4) is 0 Å². The van der Waals surface area contributed by atoms with Gasteiger partial charge < -0.3 is 26.0 Å². The van der Waals surface area contributed by atoms with Gasteiger partial charge in [-0.1, -0.05) is 11.8 Å². The van der Waals surface area contributed by atoms with Crippen LogP contribution in [0.15, 0.2) is 23.0 Å². The van der Waals surface area contributed by atoms with Crippen LogP contribution in [0.1, 0.15) is 23.1 Å². The van der Waals surface area contributed by atoms with Crippen LogP contribution in [0.2, 0.25) is 0 Å². The molecule has 1 saturated carbocycles. The minimum Gasteiger partial charge on any atom is -0.508 e. The van der Waals surface area contributed by atoms with E-state index >= 15 is 0 Å². The van der Waals surface area contributed by atoms with E-state index in [1.807, 2.05) is 0 Å². The van der Waals surface area contributed by atoms with E-state index in [0.717, 1.165) is 6.26 Å². The minimum absolute atomic E-state index is 0.0266. The highest BCUT2D eigenvalue weighted by Gasteiger charge is 2.66. The third kappa shape index (κ3) is 4.71. The van der Waals surface area contributed by atoms with Crippen LogP contribution in [0.5, 0.6) is 5.75 Å². The zero-order valence-corrected chi connectivity index (χ0v) is 24.5. The molecule has 3 aliphatic carbocycles. The van der Waals surface area contributed by atoms with Gasteiger partial charge in [-0.05, 0) is 44.5 Å². The molecule has 0 aliphatic heterocycles. The van der Waals surface area contributed by atoms with Crippen molar-refractivity contribution < 1.29 is 43.0 Å². The normalized spacial score (nSPS) is 25.5. The van der Waals surface area contributed by atoms with Gasteiger partial charge in [0, 0.05) is 31.3 Å². The number of nitrogens with two attached hydrogens (primary N) is 2. The van der Waals surface area contributed by atoms with E-state index < -0.39 is 73.8 Å². The highest BCUT2D eigenvalue weighted by atomic mass is 32.2. The van der Waals surface area contributed by atoms with Crippen LogP contribution in [-0.4, -0.2) is 98.7 Å². The van der Waals surface area contributed by atoms with Crippen molar-refractivity contribution in [3.8, 4) is 17.6 Å². The van der Waals surface area contributed by atoms with E-state index in [4.69, 9.17) is 16.5 Å². The number of hydrogen-bond acceptors (Lipinski definition) is 12. The van der Waals surface area contributed by atoms with E-state index in [1.54, 1.807) is 39.2 Å². The maximum atomic E-state index is 14.3. The summed E-state index contributed by atoms with van der Waals surface area (Å²) in [6.07, 6.45) is 1.14. The molecule has 0 unspecified atom stereocenters. The van der Waals surface area contributed by atoms with Crippen molar-refractivity contribution in [3.63, 3.8) is 0 Å². The van der Waals surface area contributed by atoms with Gasteiger partial charge in [-0.25, -0.2) is 19.0 Å². The molecule has 1 aromatic rings. The molecule has 0 heterocycles. The Morgan fingerprint density at radius 2 is 1.86 bits per heavy atom. The number of carbonyl (C=O) groups excluding carboxylic acids is 3. The maximum absolute atomic E-state index is 14.3. The Hall–Kier alpha value is -3.94. The van der Waals surface area contributed by atoms with E-state index in [-0.39, 0.29) is 36.1 Å². The number of ketones is 2. The number of anilines is 1. The number of benzene rings is 1. The van der Waals surface area contributed by atoms with Crippen LogP contribution in [0.25, 0.3) is 5.76 Å². The molecule has 226 valence electrons. The average molecular weight is 604 g/mol. The first-order valence-electron chi connectivity index (χ1n) is 12.8. The molecule has 42 heavy (non-hydrogen) atoms. The van der Waals surface area contributed by atoms with Crippen molar-refractivity contribution in [3.05, 3.63) is 39.7 Å². The first kappa shape index (κ1) is 31.0. The third-order valence-corrected chi connectivity index (χ3v) is 8.65. The van der Waals surface area contributed by atoms with Crippen molar-refractivity contribution in [2.75, 3.05) is 45.9 Å². The summed E-state index contributed by atoms with van der Waals surface area (Å²) in [5, 5.41) is 34.0. The average Bonchev–Trinajstić information content (AvgIpc) is 2.86. The van der Waals surface area contributed by atoms with Gasteiger partial charge in [0.15, 0.2) is 11.5 Å². The molecule has 4 rings (SSSR count). The number of aromatic hydroxyl groups is 1. The highest BCUT2D eigenvalue weighted by molar-refractivity contribution is 7.88. The molecule has 0 saturated heterocycles. The summed E-state index contributed by atoms with van der Waals surface area (Å²) in [4.78, 5) is 48.2. The second-order valence-corrected chi connectivity index (χ2v) is 12.8. The fourth-order valence-electron chi connectivity index (χ4n) is 6.27. The number of nitrogens with one attached hydrogen (secondary N) is 1. The SMILES string of the molecule is CN(C)c1cc(C#CCNS(C)(=O)=O)c(O)c2c1C[C@H]1C[C@H]3[C@H](N(C)C)C(=O)C(C(N)=O)=C(O)[C@@]3(ON)C(=O)C1=C2O. The van der Waals surface area contributed by atoms with Crippen LogP contribution in [-0.2, 0) is 35.7 Å². The second-order valence-electron chi connectivity index (χ2n) is 11.0. The number of hydrogen-bond donors (Lipinski definition) is 6. The van der Waals surface area contributed by atoms with Crippen molar-refractivity contribution >= 4 is 38.9 Å². The molecule has 4 atom stereocenters. The predicted octanol–water partition coefficient (Wildman–Crippen LogP) is -1.17. The number of carbonyl (C=O) groups is 3. The lowest BCUT2D eigenvalue weighted by Gasteiger charge is -2.51. The summed E-state index contributed by atoms with van der Waals surface area (Å²) in [7, 11) is 3.09. The van der Waals surface area contributed by atoms with E-state index in [9.17, 15) is 38.1 Å². The van der Waals surface area contributed by atoms with Gasteiger partial charge in [0.05, 0.1) is 30.0 Å². The lowest BCUT2D eigenvalue weighted by molar-refractivity contribution is -0.166. The van der Waals surface area contributed by atoms with E-state index in [2.05, 4.69) is 16.6 Å². The number of nitrogens with zero attached hydrogens (tertiary/aromatic N) is 2. The number of aliphatic hydroxyl groups excluding tert-OH is 2. The number of primary amides is 1. The quantitative estimate of drug-likeness (QED) is 0.128. The fourth-order valence-corrected chi connectivity index (χ4v) is 6.60. The molecule has 0 bridgehead atoms. The van der Waals surface area contributed by atoms with Crippen molar-refractivity contribution in [1.82, 2.24) is 9.62 Å². The van der Waals surface area contributed by atoms with Gasteiger partial charge in [-0.15, -0.1) is 0 Å². The summed E-state index contributed by atoms with van der Waals surface area (Å²) in [6.45, 7) is -0.238. The molecule has 15 heteroatoms. The van der Waals surface area contributed by atoms with Gasteiger partial charge in [-0.2, -0.15) is 0 Å². The fraction of sp³-hybridized carbons (Fsp3) is 0.444. The Labute approximate surface area is 242 Å². The predicted molar refractivity (Wildman–Crippen MR) is 151 cm³/mol. The van der Waals surface area contributed by atoms with Crippen LogP contribution in [0.4, 0.5) is 5.69 Å². The summed E-state index contributed by atoms with van der Waals surface area (Å²) in [5.74, 6) is 4.06. The zero-order chi connectivity index (χ0) is 31.5. The van der Waals surface area contributed by atoms with Crippen molar-refractivity contribution in [1.29, 1.82) is 0 Å². The summed E-state index contributed by atoms with van der Waals surface area (Å²) in [5.41, 5.74) is 3.00. The number of phenolic OH excluding ortho intramolecular Hbond substituents is 1. The molecule has 8 N–H and O–H groups in total. The molecule has 1 fully saturated rings. The molecule has 0 spiro atoms. The number of phenols is 1. The Kier molecular flexibility index (Phi) is 7.91. The van der Waals surface area contributed by atoms with Gasteiger partial charge >= 0.3 is 0 Å². The van der Waals surface area contributed by atoms with Crippen molar-refractivity contribution in [2.24, 2.45) is 23.5 Å². The van der Waals surface area contributed by atoms with E-state index in [0.29, 0.717) is 11.3 Å². The first-order chi connectivity index (χ1) is 19.5. The minimum atomic E-state index is -3.51. The van der Waals surface area contributed by atoms with Gasteiger partial charge in [-0.3, -0.25) is 24.1 Å². The summed E-state index contributed by atoms with van der Waals surface area (Å²) < 4.78 is 25.0. The molecule has 0 radical (unpaired) electrons. The van der Waals surface area contributed by atoms with Crippen LogP contribution >= 0.6 is 0 Å². The highest BCUT2D eigenvalue weighted by Crippen LogP contribution is 2.54. The smallest absolute Gasteiger partial charge is 0.255 e. The number of likely N-dealkylation sites (N-methyl/N-ethyl adjacent to an activating group) is 1. The van der Waals surface area contributed by atoms with Crippen molar-refractivity contribution in [2.45, 2.75) is 24.5 Å². The summed E-state index contributed by atoms with van der Waals surface area (Å²) in [6, 6.07) is 0.457. The number of rotatable bonds is 6. The van der Waals surface area contributed by atoms with Gasteiger partial charge in [0.25, 0.3) is 5.91 Å². The number of amides is 1. The standard InChI is InChI=1S/C27H33N5O9S/c1-31(2)16-11-12(7-6-8-30-42(5,39)40)21(33)18-14(16)9-13-10-15-20(32(3)4)23(35)19(26(28)38)25(37)27(15,41-29)24(36)17(13)22(18)34/h11,13,15,20,30,33-34,37H,8-10,29H2,1-5H3,(H2,28,38)/t13-,15-,20-,27-/m0/s1. The Balaban J connectivity index is 1.97. The topological polar surface area (TPSA) is 226 Å². The second kappa shape index (κ2) is 10.7. The lowest BCUT2D eigenvalue weighted by atomic mass is 9.57. The van der Waals surface area contributed by atoms with Gasteiger partial charge in [0.1, 0.15) is 17.1 Å². The number of sulfonamides is 1. The number of aliphatic hydroxyl groups is 2. The molecule has 1 aromatic carbocycles. The molecule has 1 amide bonds. The molecule has 14 nitrogen and oxygen atoms in total. The Morgan fingerprint density at radius 1 is 1.21 bits per heavy atom.